The lowest BCUT2D eigenvalue weighted by Crippen LogP contribution is -1.93. The third kappa shape index (κ3) is 1.80. The van der Waals surface area contributed by atoms with Gasteiger partial charge in [0.05, 0.1) is 5.56 Å². The number of aryl methyl sites for hydroxylation is 1. The maximum absolute atomic E-state index is 10.3. The highest BCUT2D eigenvalue weighted by Gasteiger charge is 2.02. The Morgan fingerprint density at radius 3 is 2.18 bits per heavy atom. The van der Waals surface area contributed by atoms with Gasteiger partial charge < -0.3 is 0 Å². The van der Waals surface area contributed by atoms with Crippen LogP contribution in [-0.2, 0) is 11.5 Å². The van der Waals surface area contributed by atoms with Crippen LogP contribution in [0.5, 0.6) is 0 Å². The quantitative estimate of drug-likeness (QED) is 0.631. The highest BCUT2D eigenvalue weighted by atomic mass is 16.4. The molecule has 1 aromatic carbocycles. The zero-order chi connectivity index (χ0) is 8.27. The lowest BCUT2D eigenvalue weighted by Gasteiger charge is -1.94. The number of hydrogen-bond acceptors (Lipinski definition) is 1. The zero-order valence-electron chi connectivity index (χ0n) is 6.33. The molecular formula is C9H9O2. The van der Waals surface area contributed by atoms with E-state index in [1.54, 1.807) is 24.3 Å². The van der Waals surface area contributed by atoms with Gasteiger partial charge in [-0.2, -0.15) is 0 Å². The van der Waals surface area contributed by atoms with Crippen LogP contribution in [0.15, 0.2) is 24.3 Å². The lowest BCUT2D eigenvalue weighted by molar-refractivity contribution is 0.0573. The SMILES string of the molecule is CCc1ccc(C([O])=O)cc1. The molecular weight excluding hydrogens is 140 g/mol. The largest absolute Gasteiger partial charge is 0.386 e. The molecule has 0 saturated carbocycles. The van der Waals surface area contributed by atoms with Gasteiger partial charge in [0.25, 0.3) is 0 Å². The number of benzene rings is 1. The average molecular weight is 149 g/mol. The summed E-state index contributed by atoms with van der Waals surface area (Å²) in [5.41, 5.74) is 1.37. The molecule has 0 heterocycles. The topological polar surface area (TPSA) is 37.0 Å². The fourth-order valence-corrected chi connectivity index (χ4v) is 0.877. The van der Waals surface area contributed by atoms with Gasteiger partial charge in [-0.15, -0.1) is 0 Å². The first-order valence-corrected chi connectivity index (χ1v) is 3.54. The van der Waals surface area contributed by atoms with Crippen LogP contribution in [0, 0.1) is 0 Å². The van der Waals surface area contributed by atoms with E-state index in [0.29, 0.717) is 0 Å². The minimum Gasteiger partial charge on any atom is -0.242 e. The average Bonchev–Trinajstić information content (AvgIpc) is 2.05. The third-order valence-electron chi connectivity index (χ3n) is 1.60. The van der Waals surface area contributed by atoms with Crippen molar-refractivity contribution in [1.29, 1.82) is 0 Å². The Bertz CT molecular complexity index is 249. The molecule has 0 aromatic heterocycles. The van der Waals surface area contributed by atoms with Crippen molar-refractivity contribution < 1.29 is 9.90 Å². The van der Waals surface area contributed by atoms with Gasteiger partial charge in [-0.1, -0.05) is 19.1 Å². The van der Waals surface area contributed by atoms with Crippen molar-refractivity contribution >= 4 is 5.97 Å². The Labute approximate surface area is 65.5 Å². The molecule has 0 aliphatic heterocycles. The summed E-state index contributed by atoms with van der Waals surface area (Å²) >= 11 is 0. The Balaban J connectivity index is 2.91. The van der Waals surface area contributed by atoms with Crippen LogP contribution in [0.25, 0.3) is 0 Å². The van der Waals surface area contributed by atoms with Crippen LogP contribution in [0.1, 0.15) is 22.8 Å². The molecule has 0 fully saturated rings. The van der Waals surface area contributed by atoms with Crippen LogP contribution in [0.4, 0.5) is 0 Å². The van der Waals surface area contributed by atoms with E-state index in [-0.39, 0.29) is 5.56 Å². The van der Waals surface area contributed by atoms with Crippen molar-refractivity contribution in [3.8, 4) is 0 Å². The maximum atomic E-state index is 10.3. The van der Waals surface area contributed by atoms with Crippen molar-refractivity contribution in [2.75, 3.05) is 0 Å². The summed E-state index contributed by atoms with van der Waals surface area (Å²) in [6.07, 6.45) is 0.924. The Morgan fingerprint density at radius 1 is 1.27 bits per heavy atom. The zero-order valence-corrected chi connectivity index (χ0v) is 6.33. The molecule has 0 aliphatic rings. The van der Waals surface area contributed by atoms with Crippen LogP contribution < -0.4 is 0 Å². The van der Waals surface area contributed by atoms with Gasteiger partial charge in [0.1, 0.15) is 0 Å². The molecule has 1 aromatic rings. The van der Waals surface area contributed by atoms with Crippen LogP contribution in [-0.4, -0.2) is 5.97 Å². The molecule has 0 atom stereocenters. The number of hydrogen-bond donors (Lipinski definition) is 0. The van der Waals surface area contributed by atoms with E-state index >= 15 is 0 Å². The van der Waals surface area contributed by atoms with E-state index in [0.717, 1.165) is 12.0 Å². The molecule has 57 valence electrons. The number of carbonyl (C=O) groups excluding carboxylic acids is 1. The summed E-state index contributed by atoms with van der Waals surface area (Å²) in [6, 6.07) is 6.72. The molecule has 0 amide bonds. The summed E-state index contributed by atoms with van der Waals surface area (Å²) < 4.78 is 0. The number of rotatable bonds is 2. The van der Waals surface area contributed by atoms with Crippen LogP contribution in [0.2, 0.25) is 0 Å². The van der Waals surface area contributed by atoms with Crippen LogP contribution in [0.3, 0.4) is 0 Å². The van der Waals surface area contributed by atoms with Gasteiger partial charge in [-0.3, -0.25) is 0 Å². The van der Waals surface area contributed by atoms with E-state index in [2.05, 4.69) is 0 Å². The Hall–Kier alpha value is -1.31. The lowest BCUT2D eigenvalue weighted by atomic mass is 10.1. The van der Waals surface area contributed by atoms with Crippen molar-refractivity contribution in [2.45, 2.75) is 13.3 Å². The van der Waals surface area contributed by atoms with E-state index in [1.807, 2.05) is 6.92 Å². The molecule has 0 bridgehead atoms. The minimum absolute atomic E-state index is 0.238. The van der Waals surface area contributed by atoms with Crippen molar-refractivity contribution in [1.82, 2.24) is 0 Å². The highest BCUT2D eigenvalue weighted by Crippen LogP contribution is 2.04. The monoisotopic (exact) mass is 149 g/mol. The van der Waals surface area contributed by atoms with E-state index in [4.69, 9.17) is 0 Å². The predicted molar refractivity (Wildman–Crippen MR) is 40.8 cm³/mol. The standard InChI is InChI=1S/C9H9O2/c1-2-7-3-5-8(6-4-7)9(10)11/h3-6H,2H2,1H3. The molecule has 0 unspecified atom stereocenters. The molecule has 2 heteroatoms. The molecule has 0 N–H and O–H groups in total. The molecule has 11 heavy (non-hydrogen) atoms. The van der Waals surface area contributed by atoms with Gasteiger partial charge in [0.15, 0.2) is 0 Å². The van der Waals surface area contributed by atoms with Crippen molar-refractivity contribution in [3.63, 3.8) is 0 Å². The van der Waals surface area contributed by atoms with Crippen LogP contribution >= 0.6 is 0 Å². The first-order chi connectivity index (χ1) is 5.24. The summed E-state index contributed by atoms with van der Waals surface area (Å²) in [7, 11) is 0. The predicted octanol–water partition coefficient (Wildman–Crippen LogP) is 1.82. The first kappa shape index (κ1) is 7.79. The second kappa shape index (κ2) is 3.19. The molecule has 0 saturated heterocycles. The maximum Gasteiger partial charge on any atom is 0.386 e. The van der Waals surface area contributed by atoms with E-state index in [1.165, 1.54) is 0 Å². The summed E-state index contributed by atoms with van der Waals surface area (Å²) in [6.45, 7) is 2.02. The van der Waals surface area contributed by atoms with E-state index in [9.17, 15) is 9.90 Å². The first-order valence-electron chi connectivity index (χ1n) is 3.54. The molecule has 0 spiro atoms. The van der Waals surface area contributed by atoms with Crippen molar-refractivity contribution in [2.24, 2.45) is 0 Å². The van der Waals surface area contributed by atoms with Gasteiger partial charge in [-0.25, -0.2) is 9.90 Å². The summed E-state index contributed by atoms with van der Waals surface area (Å²) in [5.74, 6) is -1.12. The Kier molecular flexibility index (Phi) is 2.26. The molecule has 1 rings (SSSR count). The van der Waals surface area contributed by atoms with Gasteiger partial charge >= 0.3 is 5.97 Å². The summed E-state index contributed by atoms with van der Waals surface area (Å²) in [4.78, 5) is 10.3. The van der Waals surface area contributed by atoms with Gasteiger partial charge in [-0.05, 0) is 24.1 Å². The normalized spacial score (nSPS) is 9.55. The second-order valence-corrected chi connectivity index (χ2v) is 2.34. The fraction of sp³-hybridized carbons (Fsp3) is 0.222. The van der Waals surface area contributed by atoms with Gasteiger partial charge in [0, 0.05) is 0 Å². The third-order valence-corrected chi connectivity index (χ3v) is 1.60. The number of carbonyl (C=O) groups is 1. The van der Waals surface area contributed by atoms with E-state index < -0.39 is 5.97 Å². The molecule has 1 radical (unpaired) electrons. The van der Waals surface area contributed by atoms with Gasteiger partial charge in [0.2, 0.25) is 0 Å². The van der Waals surface area contributed by atoms with Crippen molar-refractivity contribution in [3.05, 3.63) is 35.4 Å². The molecule has 2 nitrogen and oxygen atoms in total. The summed E-state index contributed by atoms with van der Waals surface area (Å²) in [5, 5.41) is 10.3. The molecule has 0 aliphatic carbocycles. The highest BCUT2D eigenvalue weighted by molar-refractivity contribution is 5.87. The second-order valence-electron chi connectivity index (χ2n) is 2.34. The fourth-order valence-electron chi connectivity index (χ4n) is 0.877. The smallest absolute Gasteiger partial charge is 0.242 e. The Morgan fingerprint density at radius 2 is 1.82 bits per heavy atom. The minimum atomic E-state index is -1.12.